The quantitative estimate of drug-likeness (QED) is 0.759. The van der Waals surface area contributed by atoms with Crippen LogP contribution in [-0.4, -0.2) is 21.6 Å². The maximum Gasteiger partial charge on any atom is 0.256 e. The summed E-state index contributed by atoms with van der Waals surface area (Å²) in [5.41, 5.74) is 2.08. The van der Waals surface area contributed by atoms with Gasteiger partial charge in [-0.25, -0.2) is 0 Å². The molecule has 0 radical (unpaired) electrons. The van der Waals surface area contributed by atoms with Crippen molar-refractivity contribution in [2.45, 2.75) is 26.7 Å². The summed E-state index contributed by atoms with van der Waals surface area (Å²) in [6.45, 7) is 7.74. The molecule has 25 heavy (non-hydrogen) atoms. The third-order valence-electron chi connectivity index (χ3n) is 3.75. The molecule has 2 amide bonds. The summed E-state index contributed by atoms with van der Waals surface area (Å²) < 4.78 is 1.67. The van der Waals surface area contributed by atoms with E-state index in [9.17, 15) is 9.59 Å². The number of nitrogens with zero attached hydrogens (tertiary/aromatic N) is 2. The van der Waals surface area contributed by atoms with E-state index in [-0.39, 0.29) is 11.8 Å². The largest absolute Gasteiger partial charge is 0.323 e. The van der Waals surface area contributed by atoms with Gasteiger partial charge in [0.05, 0.1) is 5.69 Å². The molecule has 2 aromatic rings. The maximum atomic E-state index is 12.4. The second-order valence-electron chi connectivity index (χ2n) is 6.30. The average molecular weight is 340 g/mol. The molecule has 0 atom stereocenters. The molecule has 132 valence electrons. The van der Waals surface area contributed by atoms with Crippen molar-refractivity contribution in [2.75, 3.05) is 10.6 Å². The maximum absolute atomic E-state index is 12.4. The minimum atomic E-state index is -0.291. The molecule has 0 aliphatic rings. The van der Waals surface area contributed by atoms with E-state index in [0.29, 0.717) is 23.0 Å². The van der Waals surface area contributed by atoms with Gasteiger partial charge in [0, 0.05) is 24.4 Å². The molecule has 2 N–H and O–H groups in total. The highest BCUT2D eigenvalue weighted by Crippen LogP contribution is 2.15. The predicted octanol–water partition coefficient (Wildman–Crippen LogP) is 3.39. The van der Waals surface area contributed by atoms with Crippen molar-refractivity contribution in [3.8, 4) is 0 Å². The van der Waals surface area contributed by atoms with Gasteiger partial charge in [-0.05, 0) is 49.1 Å². The lowest BCUT2D eigenvalue weighted by Crippen LogP contribution is -2.14. The van der Waals surface area contributed by atoms with Gasteiger partial charge in [0.1, 0.15) is 5.82 Å². The Kier molecular flexibility index (Phi) is 6.11. The van der Waals surface area contributed by atoms with Crippen LogP contribution in [0, 0.1) is 5.92 Å². The fourth-order valence-electron chi connectivity index (χ4n) is 2.29. The van der Waals surface area contributed by atoms with Gasteiger partial charge in [-0.3, -0.25) is 14.3 Å². The van der Waals surface area contributed by atoms with Gasteiger partial charge in [-0.1, -0.05) is 20.4 Å². The zero-order valence-electron chi connectivity index (χ0n) is 14.9. The first kappa shape index (κ1) is 18.4. The Morgan fingerprint density at radius 3 is 2.52 bits per heavy atom. The Morgan fingerprint density at radius 2 is 1.92 bits per heavy atom. The number of benzene rings is 1. The number of nitrogens with one attached hydrogen (secondary N) is 2. The molecule has 1 heterocycles. The zero-order valence-corrected chi connectivity index (χ0v) is 14.9. The molecular weight excluding hydrogens is 316 g/mol. The van der Waals surface area contributed by atoms with Crippen LogP contribution in [0.2, 0.25) is 0 Å². The summed E-state index contributed by atoms with van der Waals surface area (Å²) in [5, 5.41) is 9.93. The SMILES string of the molecule is C=CC(=O)Nc1ccc(C(=O)Nc2cc(CCC(C)C)nn2C)cc1. The standard InChI is InChI=1S/C19H24N4O2/c1-5-18(24)20-15-10-7-14(8-11-15)19(25)21-17-12-16(22-23(17)4)9-6-13(2)3/h5,7-8,10-13H,1,6,9H2,2-4H3,(H,20,24)(H,21,25). The highest BCUT2D eigenvalue weighted by molar-refractivity contribution is 6.04. The van der Waals surface area contributed by atoms with E-state index in [1.165, 1.54) is 6.08 Å². The second kappa shape index (κ2) is 8.28. The van der Waals surface area contributed by atoms with E-state index in [4.69, 9.17) is 0 Å². The number of aryl methyl sites for hydroxylation is 2. The molecule has 2 rings (SSSR count). The lowest BCUT2D eigenvalue weighted by Gasteiger charge is -2.06. The smallest absolute Gasteiger partial charge is 0.256 e. The number of carbonyl (C=O) groups excluding carboxylic acids is 2. The van der Waals surface area contributed by atoms with E-state index >= 15 is 0 Å². The number of carbonyl (C=O) groups is 2. The van der Waals surface area contributed by atoms with Gasteiger partial charge in [0.15, 0.2) is 0 Å². The average Bonchev–Trinajstić information content (AvgIpc) is 2.93. The third kappa shape index (κ3) is 5.31. The second-order valence-corrected chi connectivity index (χ2v) is 6.30. The first-order valence-corrected chi connectivity index (χ1v) is 8.26. The summed E-state index contributed by atoms with van der Waals surface area (Å²) in [6, 6.07) is 8.56. The molecule has 0 saturated heterocycles. The summed E-state index contributed by atoms with van der Waals surface area (Å²) in [5.74, 6) is 0.758. The third-order valence-corrected chi connectivity index (χ3v) is 3.75. The van der Waals surface area contributed by atoms with Crippen LogP contribution in [0.5, 0.6) is 0 Å². The Hall–Kier alpha value is -2.89. The van der Waals surface area contributed by atoms with E-state index in [2.05, 4.69) is 36.2 Å². The monoisotopic (exact) mass is 340 g/mol. The molecule has 0 spiro atoms. The molecule has 6 heteroatoms. The van der Waals surface area contributed by atoms with Gasteiger partial charge in [-0.2, -0.15) is 5.10 Å². The number of anilines is 2. The molecule has 0 unspecified atom stereocenters. The van der Waals surface area contributed by atoms with Gasteiger partial charge < -0.3 is 10.6 Å². The summed E-state index contributed by atoms with van der Waals surface area (Å²) in [7, 11) is 1.81. The van der Waals surface area contributed by atoms with Crippen LogP contribution < -0.4 is 10.6 Å². The Labute approximate surface area is 147 Å². The highest BCUT2D eigenvalue weighted by atomic mass is 16.2. The molecule has 0 fully saturated rings. The van der Waals surface area contributed by atoms with Crippen LogP contribution in [0.25, 0.3) is 0 Å². The minimum Gasteiger partial charge on any atom is -0.323 e. The Bertz CT molecular complexity index is 760. The van der Waals surface area contributed by atoms with Crippen molar-refractivity contribution >= 4 is 23.3 Å². The number of rotatable bonds is 7. The Morgan fingerprint density at radius 1 is 1.24 bits per heavy atom. The van der Waals surface area contributed by atoms with Crippen molar-refractivity contribution < 1.29 is 9.59 Å². The van der Waals surface area contributed by atoms with Crippen LogP contribution in [-0.2, 0) is 18.3 Å². The number of amides is 2. The van der Waals surface area contributed by atoms with Crippen LogP contribution in [0.15, 0.2) is 43.0 Å². The highest BCUT2D eigenvalue weighted by Gasteiger charge is 2.11. The van der Waals surface area contributed by atoms with Crippen LogP contribution >= 0.6 is 0 Å². The number of hydrogen-bond donors (Lipinski definition) is 2. The lowest BCUT2D eigenvalue weighted by atomic mass is 10.1. The van der Waals surface area contributed by atoms with Crippen molar-refractivity contribution in [3.05, 3.63) is 54.2 Å². The van der Waals surface area contributed by atoms with Gasteiger partial charge in [0.2, 0.25) is 5.91 Å². The topological polar surface area (TPSA) is 76.0 Å². The van der Waals surface area contributed by atoms with Crippen LogP contribution in [0.3, 0.4) is 0 Å². The van der Waals surface area contributed by atoms with Gasteiger partial charge in [0.25, 0.3) is 5.91 Å². The van der Waals surface area contributed by atoms with Crippen molar-refractivity contribution in [1.82, 2.24) is 9.78 Å². The first-order chi connectivity index (χ1) is 11.9. The van der Waals surface area contributed by atoms with E-state index in [1.54, 1.807) is 28.9 Å². The summed E-state index contributed by atoms with van der Waals surface area (Å²) >= 11 is 0. The first-order valence-electron chi connectivity index (χ1n) is 8.26. The molecule has 1 aromatic heterocycles. The molecule has 0 aliphatic carbocycles. The fraction of sp³-hybridized carbons (Fsp3) is 0.316. The molecule has 1 aromatic carbocycles. The molecule has 0 bridgehead atoms. The molecule has 6 nitrogen and oxygen atoms in total. The van der Waals surface area contributed by atoms with Crippen LogP contribution in [0.1, 0.15) is 36.3 Å². The predicted molar refractivity (Wildman–Crippen MR) is 99.6 cm³/mol. The summed E-state index contributed by atoms with van der Waals surface area (Å²) in [6.07, 6.45) is 3.14. The Balaban J connectivity index is 2.01. The van der Waals surface area contributed by atoms with Crippen molar-refractivity contribution in [3.63, 3.8) is 0 Å². The fourth-order valence-corrected chi connectivity index (χ4v) is 2.29. The van der Waals surface area contributed by atoms with Gasteiger partial charge >= 0.3 is 0 Å². The number of hydrogen-bond acceptors (Lipinski definition) is 3. The molecule has 0 aliphatic heterocycles. The summed E-state index contributed by atoms with van der Waals surface area (Å²) in [4.78, 5) is 23.6. The van der Waals surface area contributed by atoms with Crippen LogP contribution in [0.4, 0.5) is 11.5 Å². The van der Waals surface area contributed by atoms with E-state index in [0.717, 1.165) is 18.5 Å². The van der Waals surface area contributed by atoms with Crippen molar-refractivity contribution in [1.29, 1.82) is 0 Å². The van der Waals surface area contributed by atoms with E-state index in [1.807, 2.05) is 13.1 Å². The lowest BCUT2D eigenvalue weighted by molar-refractivity contribution is -0.111. The number of aromatic nitrogens is 2. The van der Waals surface area contributed by atoms with Crippen molar-refractivity contribution in [2.24, 2.45) is 13.0 Å². The van der Waals surface area contributed by atoms with E-state index < -0.39 is 0 Å². The normalized spacial score (nSPS) is 10.6. The molecule has 0 saturated carbocycles. The zero-order chi connectivity index (χ0) is 18.4. The minimum absolute atomic E-state index is 0.222. The van der Waals surface area contributed by atoms with Gasteiger partial charge in [-0.15, -0.1) is 0 Å². The molecular formula is C19H24N4O2.